The number of ether oxygens (including phenoxy) is 1. The minimum Gasteiger partial charge on any atom is -0.394 e. The summed E-state index contributed by atoms with van der Waals surface area (Å²) in [6.45, 7) is 2.98. The Morgan fingerprint density at radius 2 is 2.29 bits per heavy atom. The predicted octanol–water partition coefficient (Wildman–Crippen LogP) is 1.37. The molecule has 1 aliphatic rings. The first kappa shape index (κ1) is 12.3. The Morgan fingerprint density at radius 1 is 1.47 bits per heavy atom. The average Bonchev–Trinajstić information content (AvgIpc) is 2.39. The number of nitrogens with zero attached hydrogens (tertiary/aromatic N) is 2. The van der Waals surface area contributed by atoms with Crippen LogP contribution in [0.25, 0.3) is 0 Å². The molecule has 0 aliphatic carbocycles. The molecule has 0 unspecified atom stereocenters. The Bertz CT molecular complexity index is 353. The third kappa shape index (κ3) is 2.76. The summed E-state index contributed by atoms with van der Waals surface area (Å²) in [7, 11) is 1.75. The molecule has 0 bridgehead atoms. The van der Waals surface area contributed by atoms with Crippen LogP contribution in [-0.4, -0.2) is 42.5 Å². The maximum atomic E-state index is 9.43. The van der Waals surface area contributed by atoms with E-state index >= 15 is 0 Å². The van der Waals surface area contributed by atoms with Crippen LogP contribution in [-0.2, 0) is 4.74 Å². The van der Waals surface area contributed by atoms with Crippen LogP contribution in [0.15, 0.2) is 18.3 Å². The number of methoxy groups -OCH3 is 1. The predicted molar refractivity (Wildman–Crippen MR) is 67.2 cm³/mol. The Morgan fingerprint density at radius 3 is 2.88 bits per heavy atom. The van der Waals surface area contributed by atoms with E-state index < -0.39 is 0 Å². The van der Waals surface area contributed by atoms with Gasteiger partial charge in [0.25, 0.3) is 0 Å². The van der Waals surface area contributed by atoms with Crippen molar-refractivity contribution in [1.29, 1.82) is 0 Å². The smallest absolute Gasteiger partial charge is 0.0747 e. The van der Waals surface area contributed by atoms with Crippen molar-refractivity contribution in [1.82, 2.24) is 4.98 Å². The number of piperidine rings is 1. The van der Waals surface area contributed by atoms with Crippen molar-refractivity contribution >= 4 is 5.69 Å². The fraction of sp³-hybridized carbons (Fsp3) is 0.615. The lowest BCUT2D eigenvalue weighted by molar-refractivity contribution is 0.0744. The average molecular weight is 236 g/mol. The second kappa shape index (κ2) is 5.47. The second-order valence-corrected chi connectivity index (χ2v) is 4.58. The molecule has 0 spiro atoms. The Balaban J connectivity index is 2.17. The molecule has 2 heterocycles. The Labute approximate surface area is 102 Å². The normalized spacial score (nSPS) is 25.0. The number of rotatable bonds is 3. The summed E-state index contributed by atoms with van der Waals surface area (Å²) in [5, 5.41) is 9.43. The van der Waals surface area contributed by atoms with Crippen LogP contribution in [0.5, 0.6) is 0 Å². The van der Waals surface area contributed by atoms with Gasteiger partial charge in [-0.2, -0.15) is 0 Å². The largest absolute Gasteiger partial charge is 0.394 e. The number of pyridine rings is 1. The summed E-state index contributed by atoms with van der Waals surface area (Å²) in [4.78, 5) is 6.51. The van der Waals surface area contributed by atoms with Crippen LogP contribution in [0.4, 0.5) is 5.69 Å². The van der Waals surface area contributed by atoms with E-state index in [1.807, 2.05) is 19.2 Å². The molecule has 2 atom stereocenters. The van der Waals surface area contributed by atoms with Crippen molar-refractivity contribution in [3.63, 3.8) is 0 Å². The van der Waals surface area contributed by atoms with Gasteiger partial charge in [0.2, 0.25) is 0 Å². The molecule has 1 aromatic heterocycles. The molecule has 4 heteroatoms. The van der Waals surface area contributed by atoms with Crippen LogP contribution in [0.1, 0.15) is 18.5 Å². The number of aliphatic hydroxyl groups is 1. The molecule has 1 N–H and O–H groups in total. The lowest BCUT2D eigenvalue weighted by Crippen LogP contribution is -2.48. The zero-order valence-electron chi connectivity index (χ0n) is 10.5. The first-order valence-electron chi connectivity index (χ1n) is 6.07. The van der Waals surface area contributed by atoms with Gasteiger partial charge < -0.3 is 14.7 Å². The highest BCUT2D eigenvalue weighted by Gasteiger charge is 2.27. The SMILES string of the molecule is CO[C@H]1CC[C@H](CO)N(c2ccc(C)nc2)C1. The van der Waals surface area contributed by atoms with E-state index in [1.54, 1.807) is 7.11 Å². The molecule has 17 heavy (non-hydrogen) atoms. The number of hydrogen-bond donors (Lipinski definition) is 1. The summed E-state index contributed by atoms with van der Waals surface area (Å²) >= 11 is 0. The van der Waals surface area contributed by atoms with Gasteiger partial charge >= 0.3 is 0 Å². The van der Waals surface area contributed by atoms with E-state index in [9.17, 15) is 5.11 Å². The fourth-order valence-corrected chi connectivity index (χ4v) is 2.32. The molecule has 0 amide bonds. The fourth-order valence-electron chi connectivity index (χ4n) is 2.32. The molecule has 4 nitrogen and oxygen atoms in total. The molecule has 0 aromatic carbocycles. The van der Waals surface area contributed by atoms with Gasteiger partial charge in [-0.3, -0.25) is 4.98 Å². The molecule has 1 aromatic rings. The van der Waals surface area contributed by atoms with Gasteiger partial charge in [-0.05, 0) is 31.9 Å². The maximum absolute atomic E-state index is 9.43. The summed E-state index contributed by atoms with van der Waals surface area (Å²) in [5.74, 6) is 0. The van der Waals surface area contributed by atoms with Gasteiger partial charge in [-0.25, -0.2) is 0 Å². The zero-order chi connectivity index (χ0) is 12.3. The monoisotopic (exact) mass is 236 g/mol. The van der Waals surface area contributed by atoms with Gasteiger partial charge in [-0.15, -0.1) is 0 Å². The van der Waals surface area contributed by atoms with E-state index in [4.69, 9.17) is 4.74 Å². The molecule has 1 fully saturated rings. The molecule has 94 valence electrons. The Kier molecular flexibility index (Phi) is 3.97. The van der Waals surface area contributed by atoms with Crippen LogP contribution in [0, 0.1) is 6.92 Å². The topological polar surface area (TPSA) is 45.6 Å². The highest BCUT2D eigenvalue weighted by molar-refractivity contribution is 5.46. The molecule has 1 saturated heterocycles. The van der Waals surface area contributed by atoms with Crippen molar-refractivity contribution < 1.29 is 9.84 Å². The molecule has 1 aliphatic heterocycles. The van der Waals surface area contributed by atoms with Crippen LogP contribution >= 0.6 is 0 Å². The van der Waals surface area contributed by atoms with Crippen LogP contribution in [0.3, 0.4) is 0 Å². The second-order valence-electron chi connectivity index (χ2n) is 4.58. The van der Waals surface area contributed by atoms with E-state index in [1.165, 1.54) is 0 Å². The molecular formula is C13H20N2O2. The van der Waals surface area contributed by atoms with Crippen LogP contribution < -0.4 is 4.90 Å². The van der Waals surface area contributed by atoms with Gasteiger partial charge in [0.05, 0.1) is 30.6 Å². The number of anilines is 1. The minimum absolute atomic E-state index is 0.185. The quantitative estimate of drug-likeness (QED) is 0.861. The standard InChI is InChI=1S/C13H20N2O2/c1-10-3-4-11(7-14-10)15-8-13(17-2)6-5-12(15)9-16/h3-4,7,12-13,16H,5-6,8-9H2,1-2H3/t12-,13+/m1/s1. The van der Waals surface area contributed by atoms with Crippen molar-refractivity contribution in [3.8, 4) is 0 Å². The highest BCUT2D eigenvalue weighted by atomic mass is 16.5. The molecule has 2 rings (SSSR count). The van der Waals surface area contributed by atoms with E-state index in [2.05, 4.69) is 16.0 Å². The van der Waals surface area contributed by atoms with Gasteiger partial charge in [0, 0.05) is 19.3 Å². The third-order valence-electron chi connectivity index (χ3n) is 3.43. The zero-order valence-corrected chi connectivity index (χ0v) is 10.5. The highest BCUT2D eigenvalue weighted by Crippen LogP contribution is 2.25. The summed E-state index contributed by atoms with van der Waals surface area (Å²) in [6.07, 6.45) is 4.09. The maximum Gasteiger partial charge on any atom is 0.0747 e. The van der Waals surface area contributed by atoms with Gasteiger partial charge in [-0.1, -0.05) is 0 Å². The van der Waals surface area contributed by atoms with E-state index in [0.717, 1.165) is 30.8 Å². The molecule has 0 radical (unpaired) electrons. The minimum atomic E-state index is 0.185. The summed E-state index contributed by atoms with van der Waals surface area (Å²) in [6, 6.07) is 4.24. The number of aromatic nitrogens is 1. The summed E-state index contributed by atoms with van der Waals surface area (Å²) in [5.41, 5.74) is 2.07. The lowest BCUT2D eigenvalue weighted by Gasteiger charge is -2.39. The van der Waals surface area contributed by atoms with E-state index in [0.29, 0.717) is 0 Å². The number of hydrogen-bond acceptors (Lipinski definition) is 4. The Hall–Kier alpha value is -1.13. The molecular weight excluding hydrogens is 216 g/mol. The molecule has 0 saturated carbocycles. The first-order valence-corrected chi connectivity index (χ1v) is 6.07. The van der Waals surface area contributed by atoms with Gasteiger partial charge in [0.1, 0.15) is 0 Å². The van der Waals surface area contributed by atoms with Crippen LogP contribution in [0.2, 0.25) is 0 Å². The lowest BCUT2D eigenvalue weighted by atomic mass is 10.00. The van der Waals surface area contributed by atoms with Crippen molar-refractivity contribution in [2.45, 2.75) is 31.9 Å². The first-order chi connectivity index (χ1) is 8.24. The number of aryl methyl sites for hydroxylation is 1. The number of aliphatic hydroxyl groups excluding tert-OH is 1. The third-order valence-corrected chi connectivity index (χ3v) is 3.43. The van der Waals surface area contributed by atoms with Gasteiger partial charge in [0.15, 0.2) is 0 Å². The van der Waals surface area contributed by atoms with Crippen molar-refractivity contribution in [2.24, 2.45) is 0 Å². The van der Waals surface area contributed by atoms with E-state index in [-0.39, 0.29) is 18.8 Å². The summed E-state index contributed by atoms with van der Waals surface area (Å²) < 4.78 is 5.42. The van der Waals surface area contributed by atoms with Crippen molar-refractivity contribution in [2.75, 3.05) is 25.2 Å². The van der Waals surface area contributed by atoms with Crippen molar-refractivity contribution in [3.05, 3.63) is 24.0 Å².